The summed E-state index contributed by atoms with van der Waals surface area (Å²) in [5.74, 6) is 0.534. The fourth-order valence-corrected chi connectivity index (χ4v) is 2.83. The molecular formula is C19H20N2O3. The van der Waals surface area contributed by atoms with Gasteiger partial charge in [0.25, 0.3) is 5.91 Å². The number of aromatic hydroxyl groups is 1. The summed E-state index contributed by atoms with van der Waals surface area (Å²) in [6, 6.07) is 10.9. The molecule has 0 unspecified atom stereocenters. The molecule has 1 aromatic heterocycles. The van der Waals surface area contributed by atoms with E-state index in [9.17, 15) is 9.90 Å². The number of phenolic OH excluding ortho intramolecular Hbond substituents is 1. The number of hydrogen-bond acceptors (Lipinski definition) is 3. The fraction of sp³-hybridized carbons (Fsp3) is 0.211. The number of phenols is 1. The maximum atomic E-state index is 12.2. The van der Waals surface area contributed by atoms with Gasteiger partial charge >= 0.3 is 0 Å². The first-order chi connectivity index (χ1) is 11.6. The van der Waals surface area contributed by atoms with Gasteiger partial charge in [0.2, 0.25) is 0 Å². The molecule has 0 atom stereocenters. The topological polar surface area (TPSA) is 74.3 Å². The molecule has 3 N–H and O–H groups in total. The Morgan fingerprint density at radius 2 is 2.12 bits per heavy atom. The highest BCUT2D eigenvalue weighted by molar-refractivity contribution is 5.97. The molecule has 0 bridgehead atoms. The van der Waals surface area contributed by atoms with Gasteiger partial charge in [-0.15, -0.1) is 0 Å². The minimum Gasteiger partial charge on any atom is -0.507 e. The van der Waals surface area contributed by atoms with Gasteiger partial charge in [0.05, 0.1) is 12.7 Å². The number of aromatic nitrogens is 1. The average molecular weight is 324 g/mol. The molecular weight excluding hydrogens is 304 g/mol. The zero-order chi connectivity index (χ0) is 17.1. The maximum Gasteiger partial charge on any atom is 0.255 e. The number of methoxy groups -OCH3 is 1. The number of H-pyrrole nitrogens is 1. The Kier molecular flexibility index (Phi) is 4.42. The number of aromatic amines is 1. The third kappa shape index (κ3) is 3.06. The summed E-state index contributed by atoms with van der Waals surface area (Å²) in [5.41, 5.74) is 3.29. The summed E-state index contributed by atoms with van der Waals surface area (Å²) in [6.45, 7) is 2.34. The van der Waals surface area contributed by atoms with Crippen LogP contribution < -0.4 is 10.1 Å². The standard InChI is InChI=1S/C19H20N2O3/c1-12-6-7-14(16(22)10-12)19(23)20-9-8-13-11-21-15-4-3-5-17(24-2)18(13)15/h3-7,10-11,21-22H,8-9H2,1-2H3,(H,20,23). The maximum absolute atomic E-state index is 12.2. The number of rotatable bonds is 5. The fourth-order valence-electron chi connectivity index (χ4n) is 2.83. The first kappa shape index (κ1) is 15.9. The van der Waals surface area contributed by atoms with E-state index in [-0.39, 0.29) is 17.2 Å². The van der Waals surface area contributed by atoms with Crippen molar-refractivity contribution in [1.29, 1.82) is 0 Å². The van der Waals surface area contributed by atoms with Crippen LogP contribution in [0, 0.1) is 6.92 Å². The van der Waals surface area contributed by atoms with Crippen molar-refractivity contribution < 1.29 is 14.6 Å². The second kappa shape index (κ2) is 6.66. The predicted molar refractivity (Wildman–Crippen MR) is 93.7 cm³/mol. The highest BCUT2D eigenvalue weighted by atomic mass is 16.5. The predicted octanol–water partition coefficient (Wildman–Crippen LogP) is 3.16. The summed E-state index contributed by atoms with van der Waals surface area (Å²) in [4.78, 5) is 15.4. The Balaban J connectivity index is 1.69. The third-order valence-corrected chi connectivity index (χ3v) is 4.05. The van der Waals surface area contributed by atoms with Crippen LogP contribution in [-0.2, 0) is 6.42 Å². The molecule has 24 heavy (non-hydrogen) atoms. The lowest BCUT2D eigenvalue weighted by molar-refractivity contribution is 0.0951. The van der Waals surface area contributed by atoms with Gasteiger partial charge in [0.1, 0.15) is 11.5 Å². The Bertz CT molecular complexity index is 883. The molecule has 1 amide bonds. The molecule has 0 aliphatic rings. The molecule has 0 saturated carbocycles. The van der Waals surface area contributed by atoms with Crippen LogP contribution in [0.25, 0.3) is 10.9 Å². The van der Waals surface area contributed by atoms with Crippen LogP contribution in [0.1, 0.15) is 21.5 Å². The van der Waals surface area contributed by atoms with Crippen LogP contribution in [0.15, 0.2) is 42.6 Å². The minimum atomic E-state index is -0.278. The van der Waals surface area contributed by atoms with Crippen molar-refractivity contribution >= 4 is 16.8 Å². The van der Waals surface area contributed by atoms with Crippen molar-refractivity contribution in [1.82, 2.24) is 10.3 Å². The molecule has 0 radical (unpaired) electrons. The zero-order valence-corrected chi connectivity index (χ0v) is 13.7. The second-order valence-electron chi connectivity index (χ2n) is 5.72. The first-order valence-electron chi connectivity index (χ1n) is 7.81. The van der Waals surface area contributed by atoms with Crippen LogP contribution in [-0.4, -0.2) is 29.7 Å². The Morgan fingerprint density at radius 3 is 2.88 bits per heavy atom. The van der Waals surface area contributed by atoms with Crippen LogP contribution in [0.3, 0.4) is 0 Å². The summed E-state index contributed by atoms with van der Waals surface area (Å²) in [7, 11) is 1.65. The number of benzene rings is 2. The quantitative estimate of drug-likeness (QED) is 0.675. The minimum absolute atomic E-state index is 0.00117. The first-order valence-corrected chi connectivity index (χ1v) is 7.81. The molecule has 0 aliphatic heterocycles. The molecule has 2 aromatic carbocycles. The lowest BCUT2D eigenvalue weighted by Gasteiger charge is -2.08. The Hall–Kier alpha value is -2.95. The number of aryl methyl sites for hydroxylation is 1. The molecule has 5 heteroatoms. The molecule has 0 saturated heterocycles. The number of carbonyl (C=O) groups excluding carboxylic acids is 1. The second-order valence-corrected chi connectivity index (χ2v) is 5.72. The van der Waals surface area contributed by atoms with Crippen LogP contribution in [0.4, 0.5) is 0 Å². The van der Waals surface area contributed by atoms with E-state index in [2.05, 4.69) is 10.3 Å². The lowest BCUT2D eigenvalue weighted by atomic mass is 10.1. The van der Waals surface area contributed by atoms with Crippen molar-refractivity contribution in [2.24, 2.45) is 0 Å². The highest BCUT2D eigenvalue weighted by Crippen LogP contribution is 2.28. The number of fused-ring (bicyclic) bond motifs is 1. The summed E-state index contributed by atoms with van der Waals surface area (Å²) in [6.07, 6.45) is 2.60. The molecule has 0 aliphatic carbocycles. The normalized spacial score (nSPS) is 10.8. The van der Waals surface area contributed by atoms with Gasteiger partial charge in [-0.2, -0.15) is 0 Å². The van der Waals surface area contributed by atoms with Crippen LogP contribution in [0.5, 0.6) is 11.5 Å². The number of carbonyl (C=O) groups is 1. The Morgan fingerprint density at radius 1 is 1.29 bits per heavy atom. The van der Waals surface area contributed by atoms with Crippen molar-refractivity contribution in [3.8, 4) is 11.5 Å². The summed E-state index contributed by atoms with van der Waals surface area (Å²) < 4.78 is 5.41. The van der Waals surface area contributed by atoms with E-state index in [0.717, 1.165) is 27.8 Å². The van der Waals surface area contributed by atoms with Crippen molar-refractivity contribution in [2.45, 2.75) is 13.3 Å². The molecule has 5 nitrogen and oxygen atoms in total. The average Bonchev–Trinajstić information content (AvgIpc) is 2.98. The lowest BCUT2D eigenvalue weighted by Crippen LogP contribution is -2.25. The molecule has 3 aromatic rings. The SMILES string of the molecule is COc1cccc2[nH]cc(CCNC(=O)c3ccc(C)cc3O)c12. The van der Waals surface area contributed by atoms with E-state index in [1.807, 2.05) is 31.3 Å². The smallest absolute Gasteiger partial charge is 0.255 e. The van der Waals surface area contributed by atoms with Crippen LogP contribution >= 0.6 is 0 Å². The van der Waals surface area contributed by atoms with Gasteiger partial charge in [-0.05, 0) is 48.7 Å². The monoisotopic (exact) mass is 324 g/mol. The Labute approximate surface area is 140 Å². The van der Waals surface area contributed by atoms with Gasteiger partial charge < -0.3 is 20.1 Å². The largest absolute Gasteiger partial charge is 0.507 e. The van der Waals surface area contributed by atoms with Gasteiger partial charge in [-0.3, -0.25) is 4.79 Å². The van der Waals surface area contributed by atoms with Gasteiger partial charge in [0.15, 0.2) is 0 Å². The van der Waals surface area contributed by atoms with E-state index in [1.165, 1.54) is 0 Å². The number of hydrogen-bond donors (Lipinski definition) is 3. The molecule has 0 fully saturated rings. The number of ether oxygens (including phenoxy) is 1. The summed E-state index contributed by atoms with van der Waals surface area (Å²) in [5, 5.41) is 13.8. The van der Waals surface area contributed by atoms with E-state index < -0.39 is 0 Å². The van der Waals surface area contributed by atoms with Gasteiger partial charge in [0, 0.05) is 23.6 Å². The van der Waals surface area contributed by atoms with E-state index >= 15 is 0 Å². The van der Waals surface area contributed by atoms with Crippen molar-refractivity contribution in [2.75, 3.05) is 13.7 Å². The molecule has 1 heterocycles. The highest BCUT2D eigenvalue weighted by Gasteiger charge is 2.12. The molecule has 124 valence electrons. The number of nitrogens with one attached hydrogen (secondary N) is 2. The van der Waals surface area contributed by atoms with E-state index in [4.69, 9.17) is 4.74 Å². The zero-order valence-electron chi connectivity index (χ0n) is 13.7. The van der Waals surface area contributed by atoms with Gasteiger partial charge in [-0.1, -0.05) is 12.1 Å². The molecule has 3 rings (SSSR count). The number of amides is 1. The van der Waals surface area contributed by atoms with E-state index in [1.54, 1.807) is 25.3 Å². The summed E-state index contributed by atoms with van der Waals surface area (Å²) >= 11 is 0. The third-order valence-electron chi connectivity index (χ3n) is 4.05. The van der Waals surface area contributed by atoms with Crippen molar-refractivity contribution in [3.05, 3.63) is 59.3 Å². The van der Waals surface area contributed by atoms with Gasteiger partial charge in [-0.25, -0.2) is 0 Å². The van der Waals surface area contributed by atoms with Crippen molar-refractivity contribution in [3.63, 3.8) is 0 Å². The van der Waals surface area contributed by atoms with E-state index in [0.29, 0.717) is 13.0 Å². The van der Waals surface area contributed by atoms with Crippen LogP contribution in [0.2, 0.25) is 0 Å². The molecule has 0 spiro atoms.